The third-order valence-corrected chi connectivity index (χ3v) is 6.64. The van der Waals surface area contributed by atoms with Crippen molar-refractivity contribution in [2.75, 3.05) is 33.3 Å². The highest BCUT2D eigenvalue weighted by atomic mass is 32.2. The van der Waals surface area contributed by atoms with Crippen LogP contribution in [0.2, 0.25) is 0 Å². The van der Waals surface area contributed by atoms with Gasteiger partial charge in [0, 0.05) is 37.8 Å². The first-order valence-corrected chi connectivity index (χ1v) is 9.11. The fourth-order valence-corrected chi connectivity index (χ4v) is 4.95. The van der Waals surface area contributed by atoms with Crippen LogP contribution in [0, 0.1) is 12.7 Å². The summed E-state index contributed by atoms with van der Waals surface area (Å²) in [4.78, 5) is 2.28. The summed E-state index contributed by atoms with van der Waals surface area (Å²) >= 11 is 0. The summed E-state index contributed by atoms with van der Waals surface area (Å²) < 4.78 is 46.3. The molecule has 1 fully saturated rings. The van der Waals surface area contributed by atoms with E-state index in [0.29, 0.717) is 13.1 Å². The van der Waals surface area contributed by atoms with E-state index in [2.05, 4.69) is 17.1 Å². The number of nitrogens with zero attached hydrogens (tertiary/aromatic N) is 2. The summed E-state index contributed by atoms with van der Waals surface area (Å²) in [5, 5.41) is 0. The summed E-state index contributed by atoms with van der Waals surface area (Å²) in [5.74, 6) is -0.558. The lowest BCUT2D eigenvalue weighted by molar-refractivity contribution is 0.261. The molecular formula is C16H21FN2O3S. The van der Waals surface area contributed by atoms with Gasteiger partial charge in [-0.3, -0.25) is 4.90 Å². The fourth-order valence-electron chi connectivity index (χ4n) is 3.24. The molecule has 1 aromatic carbocycles. The van der Waals surface area contributed by atoms with Crippen molar-refractivity contribution in [2.24, 2.45) is 0 Å². The van der Waals surface area contributed by atoms with Crippen molar-refractivity contribution in [1.29, 1.82) is 0 Å². The van der Waals surface area contributed by atoms with Crippen LogP contribution in [0.3, 0.4) is 0 Å². The molecular weight excluding hydrogens is 319 g/mol. The Hall–Kier alpha value is -1.44. The number of rotatable bonds is 4. The lowest BCUT2D eigenvalue weighted by Crippen LogP contribution is -2.37. The molecule has 126 valence electrons. The van der Waals surface area contributed by atoms with E-state index in [0.717, 1.165) is 19.5 Å². The first-order valence-electron chi connectivity index (χ1n) is 7.67. The second kappa shape index (κ2) is 6.22. The van der Waals surface area contributed by atoms with Gasteiger partial charge >= 0.3 is 0 Å². The van der Waals surface area contributed by atoms with Gasteiger partial charge in [-0.1, -0.05) is 12.2 Å². The highest BCUT2D eigenvalue weighted by molar-refractivity contribution is 7.89. The number of hydrogen-bond donors (Lipinski definition) is 0. The van der Waals surface area contributed by atoms with Gasteiger partial charge in [-0.2, -0.15) is 4.31 Å². The summed E-state index contributed by atoms with van der Waals surface area (Å²) in [7, 11) is -2.33. The van der Waals surface area contributed by atoms with E-state index >= 15 is 0 Å². The Labute approximate surface area is 136 Å². The smallest absolute Gasteiger partial charge is 0.243 e. The molecule has 1 saturated heterocycles. The first kappa shape index (κ1) is 16.4. The van der Waals surface area contributed by atoms with Crippen LogP contribution in [0.25, 0.3) is 0 Å². The van der Waals surface area contributed by atoms with Crippen molar-refractivity contribution >= 4 is 10.0 Å². The lowest BCUT2D eigenvalue weighted by atomic mass is 10.2. The van der Waals surface area contributed by atoms with Crippen LogP contribution in [0.1, 0.15) is 12.0 Å². The molecule has 1 atom stereocenters. The fraction of sp³-hybridized carbons (Fsp3) is 0.500. The molecule has 2 aliphatic heterocycles. The van der Waals surface area contributed by atoms with Gasteiger partial charge < -0.3 is 4.74 Å². The zero-order valence-electron chi connectivity index (χ0n) is 13.3. The van der Waals surface area contributed by atoms with Gasteiger partial charge in [-0.25, -0.2) is 12.8 Å². The molecule has 7 heteroatoms. The number of methoxy groups -OCH3 is 1. The topological polar surface area (TPSA) is 49.9 Å². The zero-order valence-corrected chi connectivity index (χ0v) is 14.1. The Balaban J connectivity index is 1.84. The van der Waals surface area contributed by atoms with Crippen LogP contribution >= 0.6 is 0 Å². The Morgan fingerprint density at radius 1 is 1.26 bits per heavy atom. The maximum atomic E-state index is 14.2. The molecule has 0 spiro atoms. The minimum Gasteiger partial charge on any atom is -0.494 e. The van der Waals surface area contributed by atoms with E-state index in [1.54, 1.807) is 0 Å². The normalized spacial score (nSPS) is 22.8. The molecule has 2 aliphatic rings. The quantitative estimate of drug-likeness (QED) is 0.784. The number of hydrogen-bond acceptors (Lipinski definition) is 4. The molecule has 1 aromatic rings. The van der Waals surface area contributed by atoms with Crippen molar-refractivity contribution in [3.63, 3.8) is 0 Å². The second-order valence-electron chi connectivity index (χ2n) is 5.94. The number of benzene rings is 1. The van der Waals surface area contributed by atoms with Crippen LogP contribution in [0.15, 0.2) is 29.2 Å². The predicted octanol–water partition coefficient (Wildman–Crippen LogP) is 1.78. The molecule has 0 saturated carbocycles. The molecule has 0 amide bonds. The van der Waals surface area contributed by atoms with Crippen LogP contribution in [0.5, 0.6) is 5.75 Å². The van der Waals surface area contributed by atoms with E-state index in [1.807, 2.05) is 0 Å². The molecule has 23 heavy (non-hydrogen) atoms. The van der Waals surface area contributed by atoms with Gasteiger partial charge in [0.25, 0.3) is 0 Å². The van der Waals surface area contributed by atoms with Crippen molar-refractivity contribution in [3.8, 4) is 5.75 Å². The Kier molecular flexibility index (Phi) is 4.44. The third kappa shape index (κ3) is 2.88. The molecule has 0 bridgehead atoms. The first-order chi connectivity index (χ1) is 10.9. The monoisotopic (exact) mass is 340 g/mol. The minimum atomic E-state index is -3.69. The predicted molar refractivity (Wildman–Crippen MR) is 85.6 cm³/mol. The number of ether oxygens (including phenoxy) is 1. The molecule has 0 unspecified atom stereocenters. The summed E-state index contributed by atoms with van der Waals surface area (Å²) in [5.41, 5.74) is 0.107. The Morgan fingerprint density at radius 2 is 1.96 bits per heavy atom. The largest absolute Gasteiger partial charge is 0.494 e. The van der Waals surface area contributed by atoms with Crippen LogP contribution in [-0.4, -0.2) is 57.0 Å². The summed E-state index contributed by atoms with van der Waals surface area (Å²) in [6.45, 7) is 4.14. The van der Waals surface area contributed by atoms with E-state index in [1.165, 1.54) is 30.5 Å². The Morgan fingerprint density at radius 3 is 2.61 bits per heavy atom. The SMILES string of the molecule is COc1ccc(S(=O)(=O)N2CC[C@H](N3CC=CC3)C2)c(C)c1F. The minimum absolute atomic E-state index is 0.0241. The standard InChI is InChI=1S/C16H21FN2O3S/c1-12-15(6-5-14(22-2)16(12)17)23(20,21)19-10-7-13(11-19)18-8-3-4-9-18/h3-6,13H,7-11H2,1-2H3/t13-/m0/s1. The van der Waals surface area contributed by atoms with E-state index in [9.17, 15) is 12.8 Å². The molecule has 0 aliphatic carbocycles. The van der Waals surface area contributed by atoms with E-state index in [4.69, 9.17) is 4.74 Å². The lowest BCUT2D eigenvalue weighted by Gasteiger charge is -2.24. The van der Waals surface area contributed by atoms with Gasteiger partial charge in [0.2, 0.25) is 10.0 Å². The zero-order chi connectivity index (χ0) is 16.6. The van der Waals surface area contributed by atoms with E-state index < -0.39 is 15.8 Å². The van der Waals surface area contributed by atoms with Crippen molar-refractivity contribution in [3.05, 3.63) is 35.7 Å². The van der Waals surface area contributed by atoms with E-state index in [-0.39, 0.29) is 22.3 Å². The molecule has 3 rings (SSSR count). The van der Waals surface area contributed by atoms with Crippen LogP contribution < -0.4 is 4.74 Å². The summed E-state index contributed by atoms with van der Waals surface area (Å²) in [6.07, 6.45) is 5.00. The third-order valence-electron chi connectivity index (χ3n) is 4.63. The average Bonchev–Trinajstić information content (AvgIpc) is 3.20. The van der Waals surface area contributed by atoms with Crippen molar-refractivity contribution < 1.29 is 17.5 Å². The molecule has 0 aromatic heterocycles. The molecule has 0 radical (unpaired) electrons. The van der Waals surface area contributed by atoms with Gasteiger partial charge in [0.15, 0.2) is 11.6 Å². The van der Waals surface area contributed by atoms with Crippen LogP contribution in [0.4, 0.5) is 4.39 Å². The van der Waals surface area contributed by atoms with Gasteiger partial charge in [-0.05, 0) is 25.5 Å². The van der Waals surface area contributed by atoms with Crippen LogP contribution in [-0.2, 0) is 10.0 Å². The van der Waals surface area contributed by atoms with Gasteiger partial charge in [0.05, 0.1) is 12.0 Å². The summed E-state index contributed by atoms with van der Waals surface area (Å²) in [6, 6.07) is 3.02. The van der Waals surface area contributed by atoms with Gasteiger partial charge in [-0.15, -0.1) is 0 Å². The Bertz CT molecular complexity index is 725. The maximum absolute atomic E-state index is 14.2. The highest BCUT2D eigenvalue weighted by Gasteiger charge is 2.36. The number of sulfonamides is 1. The average molecular weight is 340 g/mol. The van der Waals surface area contributed by atoms with Crippen molar-refractivity contribution in [2.45, 2.75) is 24.3 Å². The second-order valence-corrected chi connectivity index (χ2v) is 7.84. The van der Waals surface area contributed by atoms with Crippen molar-refractivity contribution in [1.82, 2.24) is 9.21 Å². The highest BCUT2D eigenvalue weighted by Crippen LogP contribution is 2.30. The molecule has 2 heterocycles. The van der Waals surface area contributed by atoms with Gasteiger partial charge in [0.1, 0.15) is 0 Å². The molecule has 0 N–H and O–H groups in total. The number of halogens is 1. The maximum Gasteiger partial charge on any atom is 0.243 e. The molecule has 5 nitrogen and oxygen atoms in total.